The van der Waals surface area contributed by atoms with E-state index in [9.17, 15) is 13.9 Å². The Labute approximate surface area is 163 Å². The van der Waals surface area contributed by atoms with E-state index in [1.807, 2.05) is 18.3 Å². The molecule has 2 aromatic heterocycles. The van der Waals surface area contributed by atoms with Crippen molar-refractivity contribution in [2.75, 3.05) is 18.0 Å². The average Bonchev–Trinajstić information content (AvgIpc) is 3.02. The first-order valence-electron chi connectivity index (χ1n) is 8.56. The summed E-state index contributed by atoms with van der Waals surface area (Å²) in [6.07, 6.45) is 5.50. The van der Waals surface area contributed by atoms with Gasteiger partial charge in [-0.15, -0.1) is 0 Å². The lowest BCUT2D eigenvalue weighted by molar-refractivity contribution is 0.172. The minimum atomic E-state index is -0.990. The van der Waals surface area contributed by atoms with Gasteiger partial charge in [0.15, 0.2) is 5.82 Å². The van der Waals surface area contributed by atoms with Crippen molar-refractivity contribution < 1.29 is 13.9 Å². The van der Waals surface area contributed by atoms with Gasteiger partial charge in [0, 0.05) is 35.4 Å². The summed E-state index contributed by atoms with van der Waals surface area (Å²) in [7, 11) is 0. The van der Waals surface area contributed by atoms with Gasteiger partial charge in [0.2, 0.25) is 0 Å². The number of aromatic nitrogens is 3. The fourth-order valence-corrected chi connectivity index (χ4v) is 3.76. The maximum Gasteiger partial charge on any atom is 0.156 e. The first-order valence-corrected chi connectivity index (χ1v) is 9.35. The van der Waals surface area contributed by atoms with Gasteiger partial charge < -0.3 is 10.0 Å². The first kappa shape index (κ1) is 18.1. The zero-order chi connectivity index (χ0) is 19.0. The van der Waals surface area contributed by atoms with Crippen LogP contribution in [0.1, 0.15) is 24.5 Å². The van der Waals surface area contributed by atoms with E-state index < -0.39 is 17.7 Å². The molecule has 1 aliphatic heterocycles. The highest BCUT2D eigenvalue weighted by atomic mass is 79.9. The summed E-state index contributed by atoms with van der Waals surface area (Å²) in [6.45, 7) is 1.38. The molecule has 0 amide bonds. The van der Waals surface area contributed by atoms with Gasteiger partial charge in [-0.3, -0.25) is 0 Å². The van der Waals surface area contributed by atoms with Crippen molar-refractivity contribution in [2.24, 2.45) is 0 Å². The number of fused-ring (bicyclic) bond motifs is 1. The van der Waals surface area contributed by atoms with E-state index in [0.29, 0.717) is 13.0 Å². The molecule has 140 valence electrons. The Morgan fingerprint density at radius 3 is 2.85 bits per heavy atom. The molecule has 8 heteroatoms. The van der Waals surface area contributed by atoms with E-state index >= 15 is 0 Å². The number of anilines is 1. The van der Waals surface area contributed by atoms with Crippen LogP contribution in [0.25, 0.3) is 5.52 Å². The monoisotopic (exact) mass is 434 g/mol. The molecule has 0 fully saturated rings. The number of hydrogen-bond donors (Lipinski definition) is 1. The van der Waals surface area contributed by atoms with Crippen LogP contribution in [0.3, 0.4) is 0 Å². The number of aliphatic hydroxyl groups is 1. The lowest BCUT2D eigenvalue weighted by Crippen LogP contribution is -2.30. The van der Waals surface area contributed by atoms with Crippen molar-refractivity contribution in [3.8, 4) is 0 Å². The Morgan fingerprint density at radius 1 is 1.26 bits per heavy atom. The minimum Gasteiger partial charge on any atom is -0.388 e. The Bertz CT molecular complexity index is 1020. The third-order valence-corrected chi connectivity index (χ3v) is 5.17. The molecule has 0 radical (unpaired) electrons. The molecule has 1 aromatic carbocycles. The van der Waals surface area contributed by atoms with Crippen LogP contribution in [0, 0.1) is 11.6 Å². The number of nitrogens with zero attached hydrogens (tertiary/aromatic N) is 4. The number of rotatable bonds is 4. The molecule has 1 unspecified atom stereocenters. The van der Waals surface area contributed by atoms with Crippen molar-refractivity contribution in [3.63, 3.8) is 0 Å². The maximum atomic E-state index is 13.8. The average molecular weight is 435 g/mol. The van der Waals surface area contributed by atoms with Crippen LogP contribution < -0.4 is 4.90 Å². The first-order chi connectivity index (χ1) is 13.0. The molecule has 3 heterocycles. The minimum absolute atomic E-state index is 0.121. The van der Waals surface area contributed by atoms with Crippen LogP contribution in [0.15, 0.2) is 52.9 Å². The van der Waals surface area contributed by atoms with E-state index in [1.165, 1.54) is 12.4 Å². The van der Waals surface area contributed by atoms with Crippen molar-refractivity contribution in [3.05, 3.63) is 70.1 Å². The molecule has 1 N–H and O–H groups in total. The molecule has 27 heavy (non-hydrogen) atoms. The smallest absolute Gasteiger partial charge is 0.156 e. The second-order valence-corrected chi connectivity index (χ2v) is 7.43. The Morgan fingerprint density at radius 2 is 2.11 bits per heavy atom. The van der Waals surface area contributed by atoms with E-state index in [-0.39, 0.29) is 5.56 Å². The molecular weight excluding hydrogens is 418 g/mol. The molecule has 1 aliphatic rings. The van der Waals surface area contributed by atoms with Crippen LogP contribution in [0.4, 0.5) is 14.6 Å². The SMILES string of the molecule is OC(CC1=CCN(c2ncnn3cc(Br)cc23)CC1)c1ccc(F)cc1F. The van der Waals surface area contributed by atoms with Gasteiger partial charge in [0.05, 0.1) is 6.10 Å². The Balaban J connectivity index is 1.48. The fourth-order valence-electron chi connectivity index (χ4n) is 3.35. The van der Waals surface area contributed by atoms with Crippen molar-refractivity contribution in [1.29, 1.82) is 0 Å². The third kappa shape index (κ3) is 3.72. The predicted molar refractivity (Wildman–Crippen MR) is 102 cm³/mol. The van der Waals surface area contributed by atoms with Crippen LogP contribution in [0.2, 0.25) is 0 Å². The molecule has 0 saturated carbocycles. The summed E-state index contributed by atoms with van der Waals surface area (Å²) >= 11 is 3.45. The molecule has 0 aliphatic carbocycles. The summed E-state index contributed by atoms with van der Waals surface area (Å²) in [5.41, 5.74) is 2.08. The van der Waals surface area contributed by atoms with E-state index in [2.05, 4.69) is 30.9 Å². The van der Waals surface area contributed by atoms with Crippen LogP contribution >= 0.6 is 15.9 Å². The molecule has 5 nitrogen and oxygen atoms in total. The Kier molecular flexibility index (Phi) is 4.92. The molecule has 0 bridgehead atoms. The summed E-state index contributed by atoms with van der Waals surface area (Å²) in [5.74, 6) is -0.525. The number of hydrogen-bond acceptors (Lipinski definition) is 4. The number of aliphatic hydroxyl groups excluding tert-OH is 1. The van der Waals surface area contributed by atoms with Gasteiger partial charge in [0.1, 0.15) is 23.5 Å². The van der Waals surface area contributed by atoms with Crippen LogP contribution in [-0.2, 0) is 0 Å². The zero-order valence-corrected chi connectivity index (χ0v) is 15.9. The molecule has 4 rings (SSSR count). The summed E-state index contributed by atoms with van der Waals surface area (Å²) in [4.78, 5) is 6.54. The largest absolute Gasteiger partial charge is 0.388 e. The third-order valence-electron chi connectivity index (χ3n) is 4.73. The summed E-state index contributed by atoms with van der Waals surface area (Å²) in [6, 6.07) is 5.23. The Hall–Kier alpha value is -2.32. The van der Waals surface area contributed by atoms with E-state index in [1.54, 1.807) is 4.52 Å². The highest BCUT2D eigenvalue weighted by Gasteiger charge is 2.20. The lowest BCUT2D eigenvalue weighted by Gasteiger charge is -2.28. The fraction of sp³-hybridized carbons (Fsp3) is 0.263. The second-order valence-electron chi connectivity index (χ2n) is 6.52. The molecule has 0 saturated heterocycles. The molecule has 0 spiro atoms. The number of benzene rings is 1. The predicted octanol–water partition coefficient (Wildman–Crippen LogP) is 4.03. The second kappa shape index (κ2) is 7.36. The van der Waals surface area contributed by atoms with Crippen molar-refractivity contribution in [1.82, 2.24) is 14.6 Å². The zero-order valence-electron chi connectivity index (χ0n) is 14.3. The summed E-state index contributed by atoms with van der Waals surface area (Å²) in [5, 5.41) is 14.5. The van der Waals surface area contributed by atoms with Gasteiger partial charge in [0.25, 0.3) is 0 Å². The van der Waals surface area contributed by atoms with Crippen LogP contribution in [-0.4, -0.2) is 32.8 Å². The summed E-state index contributed by atoms with van der Waals surface area (Å²) < 4.78 is 29.6. The molecular formula is C19H17BrF2N4O. The standard InChI is InChI=1S/C19H17BrF2N4O/c20-13-8-17-19(23-11-24-26(17)10-13)25-5-3-12(4-6-25)7-18(27)15-2-1-14(21)9-16(15)22/h1-3,8-11,18,27H,4-7H2. The quantitative estimate of drug-likeness (QED) is 0.629. The molecule has 3 aromatic rings. The number of halogens is 3. The van der Waals surface area contributed by atoms with Crippen molar-refractivity contribution >= 4 is 27.3 Å². The highest BCUT2D eigenvalue weighted by molar-refractivity contribution is 9.10. The van der Waals surface area contributed by atoms with Gasteiger partial charge >= 0.3 is 0 Å². The highest BCUT2D eigenvalue weighted by Crippen LogP contribution is 2.29. The normalized spacial score (nSPS) is 15.9. The lowest BCUT2D eigenvalue weighted by atomic mass is 9.97. The van der Waals surface area contributed by atoms with Crippen LogP contribution in [0.5, 0.6) is 0 Å². The van der Waals surface area contributed by atoms with Gasteiger partial charge in [-0.1, -0.05) is 17.7 Å². The van der Waals surface area contributed by atoms with Gasteiger partial charge in [-0.2, -0.15) is 5.10 Å². The van der Waals surface area contributed by atoms with E-state index in [0.717, 1.165) is 46.5 Å². The van der Waals surface area contributed by atoms with Crippen molar-refractivity contribution in [2.45, 2.75) is 18.9 Å². The van der Waals surface area contributed by atoms with E-state index in [4.69, 9.17) is 0 Å². The maximum absolute atomic E-state index is 13.8. The van der Waals surface area contributed by atoms with Gasteiger partial charge in [-0.05, 0) is 40.9 Å². The topological polar surface area (TPSA) is 53.7 Å². The molecule has 1 atom stereocenters. The van der Waals surface area contributed by atoms with Gasteiger partial charge in [-0.25, -0.2) is 18.3 Å².